The number of esters is 1. The molecule has 0 unspecified atom stereocenters. The molecule has 2 aromatic carbocycles. The number of nitrogens with one attached hydrogen (secondary N) is 1. The number of benzene rings is 2. The van der Waals surface area contributed by atoms with Gasteiger partial charge in [0.2, 0.25) is 0 Å². The molecule has 0 saturated heterocycles. The molecule has 5 nitrogen and oxygen atoms in total. The van der Waals surface area contributed by atoms with E-state index in [1.54, 1.807) is 12.3 Å². The number of para-hydroxylation sites is 2. The van der Waals surface area contributed by atoms with E-state index in [2.05, 4.69) is 10.3 Å². The second-order valence-corrected chi connectivity index (χ2v) is 5.92. The van der Waals surface area contributed by atoms with Crippen molar-refractivity contribution in [1.82, 2.24) is 4.98 Å². The van der Waals surface area contributed by atoms with Crippen molar-refractivity contribution in [3.8, 4) is 0 Å². The number of pyridine rings is 1. The number of anilines is 1. The average Bonchev–Trinajstić information content (AvgIpc) is 2.71. The van der Waals surface area contributed by atoms with Gasteiger partial charge in [0.25, 0.3) is 5.91 Å². The first kappa shape index (κ1) is 18.3. The molecule has 1 N–H and O–H groups in total. The Morgan fingerprint density at radius 3 is 2.74 bits per heavy atom. The fourth-order valence-corrected chi connectivity index (χ4v) is 2.74. The van der Waals surface area contributed by atoms with Crippen molar-refractivity contribution in [3.05, 3.63) is 78.0 Å². The summed E-state index contributed by atoms with van der Waals surface area (Å²) in [5, 5.41) is 3.75. The SMILES string of the molecule is CCc1ccccc1NC(=O)COC(=O)/C=C/c1cccc2cccnc12. The van der Waals surface area contributed by atoms with E-state index in [1.807, 2.05) is 61.5 Å². The molecule has 1 amide bonds. The van der Waals surface area contributed by atoms with Crippen molar-refractivity contribution >= 4 is 34.5 Å². The Balaban J connectivity index is 1.57. The molecule has 0 atom stereocenters. The monoisotopic (exact) mass is 360 g/mol. The van der Waals surface area contributed by atoms with Gasteiger partial charge in [0.05, 0.1) is 5.52 Å². The number of aryl methyl sites for hydroxylation is 1. The molecule has 0 radical (unpaired) electrons. The zero-order chi connectivity index (χ0) is 19.1. The highest BCUT2D eigenvalue weighted by atomic mass is 16.5. The van der Waals surface area contributed by atoms with Gasteiger partial charge >= 0.3 is 5.97 Å². The molecule has 3 rings (SSSR count). The van der Waals surface area contributed by atoms with Crippen LogP contribution in [0.4, 0.5) is 5.69 Å². The molecule has 1 aromatic heterocycles. The van der Waals surface area contributed by atoms with Crippen LogP contribution in [-0.4, -0.2) is 23.5 Å². The Kier molecular flexibility index (Phi) is 5.94. The average molecular weight is 360 g/mol. The van der Waals surface area contributed by atoms with E-state index in [9.17, 15) is 9.59 Å². The molecule has 0 aliphatic heterocycles. The van der Waals surface area contributed by atoms with Crippen molar-refractivity contribution in [2.24, 2.45) is 0 Å². The summed E-state index contributed by atoms with van der Waals surface area (Å²) in [4.78, 5) is 28.3. The third-order valence-electron chi connectivity index (χ3n) is 4.08. The largest absolute Gasteiger partial charge is 0.452 e. The third kappa shape index (κ3) is 4.79. The topological polar surface area (TPSA) is 68.3 Å². The van der Waals surface area contributed by atoms with Crippen molar-refractivity contribution in [2.75, 3.05) is 11.9 Å². The van der Waals surface area contributed by atoms with Gasteiger partial charge in [-0.25, -0.2) is 4.79 Å². The highest BCUT2D eigenvalue weighted by Gasteiger charge is 2.08. The molecule has 0 saturated carbocycles. The lowest BCUT2D eigenvalue weighted by Gasteiger charge is -2.09. The van der Waals surface area contributed by atoms with Gasteiger partial charge in [-0.1, -0.05) is 49.4 Å². The van der Waals surface area contributed by atoms with Gasteiger partial charge in [0.15, 0.2) is 6.61 Å². The van der Waals surface area contributed by atoms with E-state index in [0.717, 1.165) is 34.1 Å². The second-order valence-electron chi connectivity index (χ2n) is 5.92. The lowest BCUT2D eigenvalue weighted by Crippen LogP contribution is -2.20. The molecular formula is C22H20N2O3. The molecular weight excluding hydrogens is 340 g/mol. The number of carbonyl (C=O) groups is 2. The van der Waals surface area contributed by atoms with Crippen molar-refractivity contribution in [3.63, 3.8) is 0 Å². The van der Waals surface area contributed by atoms with Crippen LogP contribution in [0.1, 0.15) is 18.1 Å². The Labute approximate surface area is 157 Å². The first-order chi connectivity index (χ1) is 13.2. The standard InChI is InChI=1S/C22H20N2O3/c1-2-16-7-3-4-11-19(16)24-20(25)15-27-21(26)13-12-18-9-5-8-17-10-6-14-23-22(17)18/h3-14H,2,15H2,1H3,(H,24,25)/b13-12+. The maximum atomic E-state index is 12.0. The molecule has 0 spiro atoms. The Morgan fingerprint density at radius 2 is 1.89 bits per heavy atom. The van der Waals surface area contributed by atoms with Crippen LogP contribution >= 0.6 is 0 Å². The van der Waals surface area contributed by atoms with Gasteiger partial charge in [0, 0.05) is 28.9 Å². The Hall–Kier alpha value is -3.47. The number of fused-ring (bicyclic) bond motifs is 1. The van der Waals surface area contributed by atoms with Crippen LogP contribution in [0.5, 0.6) is 0 Å². The van der Waals surface area contributed by atoms with E-state index < -0.39 is 5.97 Å². The van der Waals surface area contributed by atoms with Crippen molar-refractivity contribution in [2.45, 2.75) is 13.3 Å². The molecule has 0 aliphatic rings. The predicted molar refractivity (Wildman–Crippen MR) is 106 cm³/mol. The van der Waals surface area contributed by atoms with Gasteiger partial charge in [-0.15, -0.1) is 0 Å². The lowest BCUT2D eigenvalue weighted by atomic mass is 10.1. The third-order valence-corrected chi connectivity index (χ3v) is 4.08. The fraction of sp³-hybridized carbons (Fsp3) is 0.136. The molecule has 0 fully saturated rings. The smallest absolute Gasteiger partial charge is 0.331 e. The van der Waals surface area contributed by atoms with E-state index in [-0.39, 0.29) is 12.5 Å². The number of amides is 1. The first-order valence-corrected chi connectivity index (χ1v) is 8.73. The predicted octanol–water partition coefficient (Wildman–Crippen LogP) is 3.99. The van der Waals surface area contributed by atoms with E-state index >= 15 is 0 Å². The minimum atomic E-state index is -0.582. The maximum Gasteiger partial charge on any atom is 0.331 e. The summed E-state index contributed by atoms with van der Waals surface area (Å²) in [7, 11) is 0. The molecule has 27 heavy (non-hydrogen) atoms. The summed E-state index contributed by atoms with van der Waals surface area (Å²) in [5.41, 5.74) is 3.38. The number of aromatic nitrogens is 1. The van der Waals surface area contributed by atoms with Crippen molar-refractivity contribution in [1.29, 1.82) is 0 Å². The van der Waals surface area contributed by atoms with Gasteiger partial charge in [-0.3, -0.25) is 9.78 Å². The van der Waals surface area contributed by atoms with Crippen LogP contribution in [-0.2, 0) is 20.7 Å². The minimum Gasteiger partial charge on any atom is -0.452 e. The number of ether oxygens (including phenoxy) is 1. The summed E-state index contributed by atoms with van der Waals surface area (Å²) >= 11 is 0. The molecule has 0 bridgehead atoms. The molecule has 1 heterocycles. The van der Waals surface area contributed by atoms with Gasteiger partial charge in [-0.05, 0) is 30.2 Å². The number of nitrogens with zero attached hydrogens (tertiary/aromatic N) is 1. The lowest BCUT2D eigenvalue weighted by molar-refractivity contribution is -0.142. The zero-order valence-electron chi connectivity index (χ0n) is 15.0. The van der Waals surface area contributed by atoms with Crippen LogP contribution in [0.15, 0.2) is 66.9 Å². The van der Waals surface area contributed by atoms with Crippen LogP contribution in [0.2, 0.25) is 0 Å². The van der Waals surface area contributed by atoms with E-state index in [1.165, 1.54) is 6.08 Å². The van der Waals surface area contributed by atoms with Crippen LogP contribution < -0.4 is 5.32 Å². The molecule has 3 aromatic rings. The van der Waals surface area contributed by atoms with Crippen LogP contribution in [0.3, 0.4) is 0 Å². The number of hydrogen-bond acceptors (Lipinski definition) is 4. The summed E-state index contributed by atoms with van der Waals surface area (Å²) < 4.78 is 5.03. The summed E-state index contributed by atoms with van der Waals surface area (Å²) in [6, 6.07) is 17.1. The molecule has 5 heteroatoms. The van der Waals surface area contributed by atoms with Crippen molar-refractivity contribution < 1.29 is 14.3 Å². The summed E-state index contributed by atoms with van der Waals surface area (Å²) in [5.74, 6) is -0.952. The highest BCUT2D eigenvalue weighted by Crippen LogP contribution is 2.17. The zero-order valence-corrected chi connectivity index (χ0v) is 15.0. The summed E-state index contributed by atoms with van der Waals surface area (Å²) in [6.45, 7) is 1.67. The second kappa shape index (κ2) is 8.76. The number of rotatable bonds is 6. The number of carbonyl (C=O) groups excluding carboxylic acids is 2. The van der Waals surface area contributed by atoms with E-state index in [4.69, 9.17) is 4.74 Å². The maximum absolute atomic E-state index is 12.0. The van der Waals surface area contributed by atoms with E-state index in [0.29, 0.717) is 0 Å². The quantitative estimate of drug-likeness (QED) is 0.533. The van der Waals surface area contributed by atoms with Gasteiger partial charge in [-0.2, -0.15) is 0 Å². The normalized spacial score (nSPS) is 10.9. The van der Waals surface area contributed by atoms with Crippen LogP contribution in [0.25, 0.3) is 17.0 Å². The Bertz CT molecular complexity index is 990. The van der Waals surface area contributed by atoms with Crippen LogP contribution in [0, 0.1) is 0 Å². The van der Waals surface area contributed by atoms with Gasteiger partial charge in [0.1, 0.15) is 0 Å². The Morgan fingerprint density at radius 1 is 1.07 bits per heavy atom. The fourth-order valence-electron chi connectivity index (χ4n) is 2.74. The minimum absolute atomic E-state index is 0.338. The first-order valence-electron chi connectivity index (χ1n) is 8.73. The highest BCUT2D eigenvalue weighted by molar-refractivity contribution is 5.96. The molecule has 0 aliphatic carbocycles. The number of hydrogen-bond donors (Lipinski definition) is 1. The molecule has 136 valence electrons. The van der Waals surface area contributed by atoms with Gasteiger partial charge < -0.3 is 10.1 Å². The summed E-state index contributed by atoms with van der Waals surface area (Å²) in [6.07, 6.45) is 5.45.